The Kier molecular flexibility index (Phi) is 7.24. The van der Waals surface area contributed by atoms with Crippen molar-refractivity contribution >= 4 is 9.84 Å². The lowest BCUT2D eigenvalue weighted by Crippen LogP contribution is -2.25. The third kappa shape index (κ3) is 5.24. The first-order chi connectivity index (χ1) is 16.7. The van der Waals surface area contributed by atoms with Crippen LogP contribution in [0, 0.1) is 5.82 Å². The van der Waals surface area contributed by atoms with Crippen LogP contribution in [0.1, 0.15) is 29.7 Å². The fourth-order valence-electron chi connectivity index (χ4n) is 4.17. The first-order valence-corrected chi connectivity index (χ1v) is 12.4. The predicted octanol–water partition coefficient (Wildman–Crippen LogP) is 2.52. The lowest BCUT2D eigenvalue weighted by atomic mass is 10.1. The normalized spacial score (nSPS) is 18.5. The Balaban J connectivity index is 1.55. The van der Waals surface area contributed by atoms with Crippen LogP contribution >= 0.6 is 0 Å². The fourth-order valence-corrected chi connectivity index (χ4v) is 5.35. The molecule has 1 saturated heterocycles. The van der Waals surface area contributed by atoms with Crippen molar-refractivity contribution in [2.24, 2.45) is 0 Å². The standard InChI is InChI=1S/C23H26FN3O7S/c1-31-19-9-4-14(21(32-2)22(19)33-3)11-27-12-16(28)10-18(27)23-25-20(26-34-23)13-35(29,30)17-7-5-15(24)6-8-17/h4-9,16,18,28H,10-13H2,1-3H3/t16-,18+/m1/s1. The van der Waals surface area contributed by atoms with Crippen LogP contribution in [0.3, 0.4) is 0 Å². The molecule has 10 nitrogen and oxygen atoms in total. The van der Waals surface area contributed by atoms with Crippen molar-refractivity contribution in [3.05, 3.63) is 59.5 Å². The zero-order valence-corrected chi connectivity index (χ0v) is 20.3. The highest BCUT2D eigenvalue weighted by molar-refractivity contribution is 7.90. The summed E-state index contributed by atoms with van der Waals surface area (Å²) in [6.07, 6.45) is -0.300. The molecule has 1 aliphatic heterocycles. The van der Waals surface area contributed by atoms with Gasteiger partial charge in [-0.3, -0.25) is 4.90 Å². The minimum atomic E-state index is -3.79. The molecule has 0 unspecified atom stereocenters. The first-order valence-electron chi connectivity index (χ1n) is 10.8. The summed E-state index contributed by atoms with van der Waals surface area (Å²) in [7, 11) is 0.793. The van der Waals surface area contributed by atoms with E-state index in [1.165, 1.54) is 33.5 Å². The molecule has 2 heterocycles. The van der Waals surface area contributed by atoms with Crippen LogP contribution in [0.4, 0.5) is 4.39 Å². The maximum atomic E-state index is 13.1. The number of rotatable bonds is 9. The van der Waals surface area contributed by atoms with E-state index in [4.69, 9.17) is 18.7 Å². The highest BCUT2D eigenvalue weighted by atomic mass is 32.2. The molecule has 2 aromatic carbocycles. The zero-order valence-electron chi connectivity index (χ0n) is 19.5. The van der Waals surface area contributed by atoms with Gasteiger partial charge in [0.05, 0.1) is 38.4 Å². The summed E-state index contributed by atoms with van der Waals surface area (Å²) in [5, 5.41) is 14.2. The van der Waals surface area contributed by atoms with E-state index in [0.29, 0.717) is 36.8 Å². The minimum Gasteiger partial charge on any atom is -0.493 e. The van der Waals surface area contributed by atoms with Crippen molar-refractivity contribution in [3.63, 3.8) is 0 Å². The maximum absolute atomic E-state index is 13.1. The predicted molar refractivity (Wildman–Crippen MR) is 121 cm³/mol. The Morgan fingerprint density at radius 1 is 1.09 bits per heavy atom. The summed E-state index contributed by atoms with van der Waals surface area (Å²) >= 11 is 0. The Labute approximate surface area is 202 Å². The van der Waals surface area contributed by atoms with Gasteiger partial charge in [-0.2, -0.15) is 4.98 Å². The number of aromatic nitrogens is 2. The van der Waals surface area contributed by atoms with Crippen LogP contribution in [0.5, 0.6) is 17.2 Å². The molecule has 1 fully saturated rings. The number of methoxy groups -OCH3 is 3. The van der Waals surface area contributed by atoms with Gasteiger partial charge in [-0.1, -0.05) is 11.2 Å². The summed E-state index contributed by atoms with van der Waals surface area (Å²) in [5.74, 6) is 0.630. The van der Waals surface area contributed by atoms with Crippen LogP contribution < -0.4 is 14.2 Å². The molecule has 1 N–H and O–H groups in total. The van der Waals surface area contributed by atoms with Gasteiger partial charge in [0.25, 0.3) is 0 Å². The zero-order chi connectivity index (χ0) is 25.2. The number of hydrogen-bond acceptors (Lipinski definition) is 10. The summed E-state index contributed by atoms with van der Waals surface area (Å²) in [4.78, 5) is 6.20. The van der Waals surface area contributed by atoms with Gasteiger partial charge in [0.15, 0.2) is 27.2 Å². The van der Waals surface area contributed by atoms with Gasteiger partial charge >= 0.3 is 0 Å². The molecular weight excluding hydrogens is 481 g/mol. The largest absolute Gasteiger partial charge is 0.493 e. The van der Waals surface area contributed by atoms with Crippen molar-refractivity contribution in [3.8, 4) is 17.2 Å². The summed E-state index contributed by atoms with van der Waals surface area (Å²) in [6.45, 7) is 0.713. The number of likely N-dealkylation sites (tertiary alicyclic amines) is 1. The highest BCUT2D eigenvalue weighted by Crippen LogP contribution is 2.42. The molecule has 4 rings (SSSR count). The van der Waals surface area contributed by atoms with Gasteiger partial charge in [-0.25, -0.2) is 12.8 Å². The van der Waals surface area contributed by atoms with E-state index in [2.05, 4.69) is 10.1 Å². The topological polar surface area (TPSA) is 124 Å². The number of sulfone groups is 1. The molecule has 0 aliphatic carbocycles. The van der Waals surface area contributed by atoms with Gasteiger partial charge < -0.3 is 23.8 Å². The lowest BCUT2D eigenvalue weighted by molar-refractivity contribution is 0.168. The number of nitrogens with zero attached hydrogens (tertiary/aromatic N) is 3. The van der Waals surface area contributed by atoms with E-state index in [-0.39, 0.29) is 16.6 Å². The quantitative estimate of drug-likeness (QED) is 0.432. The number of benzene rings is 2. The number of hydrogen-bond donors (Lipinski definition) is 1. The van der Waals surface area contributed by atoms with Crippen molar-refractivity contribution in [1.82, 2.24) is 15.0 Å². The molecule has 1 aliphatic rings. The average Bonchev–Trinajstić information content (AvgIpc) is 3.44. The second-order valence-corrected chi connectivity index (χ2v) is 10.1. The smallest absolute Gasteiger partial charge is 0.244 e. The molecular formula is C23H26FN3O7S. The Morgan fingerprint density at radius 2 is 1.80 bits per heavy atom. The molecule has 1 aromatic heterocycles. The van der Waals surface area contributed by atoms with E-state index in [1.54, 1.807) is 6.07 Å². The van der Waals surface area contributed by atoms with E-state index >= 15 is 0 Å². The monoisotopic (exact) mass is 507 g/mol. The van der Waals surface area contributed by atoms with Crippen molar-refractivity contribution < 1.29 is 36.6 Å². The highest BCUT2D eigenvalue weighted by Gasteiger charge is 2.37. The number of halogens is 1. The van der Waals surface area contributed by atoms with Crippen molar-refractivity contribution in [1.29, 1.82) is 0 Å². The molecule has 0 radical (unpaired) electrons. The third-order valence-corrected chi connectivity index (χ3v) is 7.43. The van der Waals surface area contributed by atoms with Crippen LogP contribution in [0.2, 0.25) is 0 Å². The van der Waals surface area contributed by atoms with E-state index in [1.807, 2.05) is 11.0 Å². The lowest BCUT2D eigenvalue weighted by Gasteiger charge is -2.23. The number of aliphatic hydroxyl groups excluding tert-OH is 1. The molecule has 0 bridgehead atoms. The van der Waals surface area contributed by atoms with Crippen LogP contribution in [-0.4, -0.2) is 62.5 Å². The van der Waals surface area contributed by atoms with Crippen molar-refractivity contribution in [2.45, 2.75) is 35.8 Å². The SMILES string of the molecule is COc1ccc(CN2C[C@H](O)C[C@H]2c2nc(CS(=O)(=O)c3ccc(F)cc3)no2)c(OC)c1OC. The Bertz CT molecular complexity index is 1280. The second kappa shape index (κ2) is 10.2. The third-order valence-electron chi connectivity index (χ3n) is 5.80. The Morgan fingerprint density at radius 3 is 2.46 bits per heavy atom. The molecule has 3 aromatic rings. The molecule has 35 heavy (non-hydrogen) atoms. The fraction of sp³-hybridized carbons (Fsp3) is 0.391. The van der Waals surface area contributed by atoms with Crippen LogP contribution in [0.25, 0.3) is 0 Å². The Hall–Kier alpha value is -3.22. The van der Waals surface area contributed by atoms with Gasteiger partial charge in [-0.15, -0.1) is 0 Å². The molecule has 188 valence electrons. The summed E-state index contributed by atoms with van der Waals surface area (Å²) in [5.41, 5.74) is 0.794. The molecule has 12 heteroatoms. The minimum absolute atomic E-state index is 0.0191. The summed E-state index contributed by atoms with van der Waals surface area (Å²) in [6, 6.07) is 7.72. The van der Waals surface area contributed by atoms with E-state index in [0.717, 1.165) is 17.7 Å². The molecule has 2 atom stereocenters. The van der Waals surface area contributed by atoms with Gasteiger partial charge in [0, 0.05) is 18.7 Å². The number of ether oxygens (including phenoxy) is 3. The molecule has 0 amide bonds. The second-order valence-electron chi connectivity index (χ2n) is 8.09. The summed E-state index contributed by atoms with van der Waals surface area (Å²) < 4.78 is 60.2. The number of aliphatic hydroxyl groups is 1. The van der Waals surface area contributed by atoms with Crippen LogP contribution in [0.15, 0.2) is 45.8 Å². The van der Waals surface area contributed by atoms with E-state index in [9.17, 15) is 17.9 Å². The van der Waals surface area contributed by atoms with Crippen molar-refractivity contribution in [2.75, 3.05) is 27.9 Å². The molecule has 0 saturated carbocycles. The average molecular weight is 508 g/mol. The number of β-amino-alcohol motifs (C(OH)–C–C–N with tert-alkyl or cyclic N) is 1. The van der Waals surface area contributed by atoms with Gasteiger partial charge in [0.2, 0.25) is 11.6 Å². The maximum Gasteiger partial charge on any atom is 0.244 e. The van der Waals surface area contributed by atoms with Crippen LogP contribution in [-0.2, 0) is 22.1 Å². The van der Waals surface area contributed by atoms with Gasteiger partial charge in [0.1, 0.15) is 11.6 Å². The van der Waals surface area contributed by atoms with Gasteiger partial charge in [-0.05, 0) is 36.8 Å². The van der Waals surface area contributed by atoms with E-state index < -0.39 is 33.6 Å². The molecule has 0 spiro atoms. The first kappa shape index (κ1) is 24.9.